The monoisotopic (exact) mass is 429 g/mol. The van der Waals surface area contributed by atoms with Crippen molar-refractivity contribution in [2.75, 3.05) is 17.8 Å². The van der Waals surface area contributed by atoms with E-state index in [0.717, 1.165) is 5.56 Å². The first-order chi connectivity index (χ1) is 14.3. The lowest BCUT2D eigenvalue weighted by atomic mass is 10.2. The summed E-state index contributed by atoms with van der Waals surface area (Å²) in [5, 5.41) is 2.68. The molecule has 2 N–H and O–H groups in total. The Morgan fingerprint density at radius 1 is 1.03 bits per heavy atom. The van der Waals surface area contributed by atoms with Crippen molar-refractivity contribution in [2.45, 2.75) is 31.1 Å². The second-order valence-electron chi connectivity index (χ2n) is 7.05. The topological polar surface area (TPSA) is 113 Å². The Hall–Kier alpha value is -3.20. The van der Waals surface area contributed by atoms with Crippen LogP contribution in [-0.2, 0) is 19.6 Å². The number of amides is 3. The molecule has 0 atom stereocenters. The van der Waals surface area contributed by atoms with Gasteiger partial charge in [0.25, 0.3) is 15.9 Å². The standard InChI is InChI=1S/C21H23N3O5S/c1-15-5-2-7-17(13-15)23-30(28,29)18-8-3-6-16(14-18)21(27)22-11-4-12-24-19(25)9-10-20(24)26/h2-3,5-8,13-14,23H,4,9-12H2,1H3,(H,22,27). The minimum absolute atomic E-state index is 0.0232. The van der Waals surface area contributed by atoms with Crippen LogP contribution in [0.15, 0.2) is 53.4 Å². The van der Waals surface area contributed by atoms with Crippen LogP contribution in [0.3, 0.4) is 0 Å². The molecule has 0 aliphatic carbocycles. The fraction of sp³-hybridized carbons (Fsp3) is 0.286. The van der Waals surface area contributed by atoms with Gasteiger partial charge >= 0.3 is 0 Å². The maximum atomic E-state index is 12.6. The molecule has 2 aromatic carbocycles. The molecule has 0 spiro atoms. The summed E-state index contributed by atoms with van der Waals surface area (Å²) in [7, 11) is -3.85. The predicted molar refractivity (Wildman–Crippen MR) is 111 cm³/mol. The van der Waals surface area contributed by atoms with Gasteiger partial charge in [-0.3, -0.25) is 24.0 Å². The second-order valence-corrected chi connectivity index (χ2v) is 8.73. The highest BCUT2D eigenvalue weighted by Crippen LogP contribution is 2.18. The maximum Gasteiger partial charge on any atom is 0.261 e. The first-order valence-electron chi connectivity index (χ1n) is 9.57. The molecular formula is C21H23N3O5S. The van der Waals surface area contributed by atoms with Crippen LogP contribution in [0, 0.1) is 6.92 Å². The summed E-state index contributed by atoms with van der Waals surface area (Å²) in [5.74, 6) is -0.808. The zero-order valence-corrected chi connectivity index (χ0v) is 17.4. The molecule has 8 nitrogen and oxygen atoms in total. The molecule has 0 radical (unpaired) electrons. The van der Waals surface area contributed by atoms with Gasteiger partial charge in [0.05, 0.1) is 4.90 Å². The highest BCUT2D eigenvalue weighted by Gasteiger charge is 2.28. The van der Waals surface area contributed by atoms with E-state index in [-0.39, 0.29) is 48.2 Å². The van der Waals surface area contributed by atoms with Gasteiger partial charge in [0.1, 0.15) is 0 Å². The van der Waals surface area contributed by atoms with Gasteiger partial charge in [-0.1, -0.05) is 18.2 Å². The van der Waals surface area contributed by atoms with E-state index in [1.54, 1.807) is 18.2 Å². The molecule has 30 heavy (non-hydrogen) atoms. The van der Waals surface area contributed by atoms with Crippen LogP contribution in [0.1, 0.15) is 35.2 Å². The number of aryl methyl sites for hydroxylation is 1. The Morgan fingerprint density at radius 3 is 2.43 bits per heavy atom. The van der Waals surface area contributed by atoms with E-state index < -0.39 is 15.9 Å². The van der Waals surface area contributed by atoms with Crippen molar-refractivity contribution in [3.63, 3.8) is 0 Å². The van der Waals surface area contributed by atoms with Crippen LogP contribution < -0.4 is 10.0 Å². The molecule has 3 amide bonds. The molecular weight excluding hydrogens is 406 g/mol. The predicted octanol–water partition coefficient (Wildman–Crippen LogP) is 2.06. The molecule has 1 aliphatic heterocycles. The minimum atomic E-state index is -3.85. The lowest BCUT2D eigenvalue weighted by Crippen LogP contribution is -2.33. The Balaban J connectivity index is 1.59. The van der Waals surface area contributed by atoms with Crippen molar-refractivity contribution >= 4 is 33.4 Å². The Morgan fingerprint density at radius 2 is 1.73 bits per heavy atom. The number of nitrogens with zero attached hydrogens (tertiary/aromatic N) is 1. The lowest BCUT2D eigenvalue weighted by Gasteiger charge is -2.14. The summed E-state index contributed by atoms with van der Waals surface area (Å²) < 4.78 is 27.8. The van der Waals surface area contributed by atoms with Crippen molar-refractivity contribution in [3.05, 3.63) is 59.7 Å². The molecule has 1 fully saturated rings. The highest BCUT2D eigenvalue weighted by molar-refractivity contribution is 7.92. The number of hydrogen-bond donors (Lipinski definition) is 2. The highest BCUT2D eigenvalue weighted by atomic mass is 32.2. The zero-order chi connectivity index (χ0) is 21.7. The zero-order valence-electron chi connectivity index (χ0n) is 16.6. The lowest BCUT2D eigenvalue weighted by molar-refractivity contribution is -0.138. The van der Waals surface area contributed by atoms with Gasteiger partial charge in [-0.25, -0.2) is 8.42 Å². The van der Waals surface area contributed by atoms with Crippen LogP contribution in [0.2, 0.25) is 0 Å². The summed E-state index contributed by atoms with van der Waals surface area (Å²) in [4.78, 5) is 36.7. The number of imide groups is 1. The van der Waals surface area contributed by atoms with Gasteiger partial charge < -0.3 is 5.32 Å². The van der Waals surface area contributed by atoms with E-state index in [4.69, 9.17) is 0 Å². The number of carbonyl (C=O) groups is 3. The Bertz CT molecular complexity index is 1070. The average Bonchev–Trinajstić information content (AvgIpc) is 3.02. The Kier molecular flexibility index (Phi) is 6.51. The van der Waals surface area contributed by atoms with Crippen molar-refractivity contribution in [2.24, 2.45) is 0 Å². The number of nitrogens with one attached hydrogen (secondary N) is 2. The third-order valence-corrected chi connectivity index (χ3v) is 6.05. The number of anilines is 1. The number of benzene rings is 2. The van der Waals surface area contributed by atoms with Crippen molar-refractivity contribution < 1.29 is 22.8 Å². The fourth-order valence-corrected chi connectivity index (χ4v) is 4.24. The molecule has 1 aliphatic rings. The van der Waals surface area contributed by atoms with E-state index in [2.05, 4.69) is 10.0 Å². The van der Waals surface area contributed by atoms with Crippen molar-refractivity contribution in [1.29, 1.82) is 0 Å². The van der Waals surface area contributed by atoms with Gasteiger partial charge in [-0.15, -0.1) is 0 Å². The largest absolute Gasteiger partial charge is 0.352 e. The molecule has 158 valence electrons. The molecule has 1 heterocycles. The normalized spacial score (nSPS) is 14.1. The van der Waals surface area contributed by atoms with Gasteiger partial charge in [-0.05, 0) is 49.2 Å². The molecule has 9 heteroatoms. The molecule has 0 aromatic heterocycles. The molecule has 3 rings (SSSR count). The first-order valence-corrected chi connectivity index (χ1v) is 11.1. The number of sulfonamides is 1. The number of rotatable bonds is 8. The quantitative estimate of drug-likeness (QED) is 0.493. The van der Waals surface area contributed by atoms with E-state index in [1.165, 1.54) is 29.2 Å². The molecule has 0 unspecified atom stereocenters. The maximum absolute atomic E-state index is 12.6. The summed E-state index contributed by atoms with van der Waals surface area (Å²) in [5.41, 5.74) is 1.56. The van der Waals surface area contributed by atoms with E-state index >= 15 is 0 Å². The molecule has 2 aromatic rings. The van der Waals surface area contributed by atoms with Crippen LogP contribution in [0.5, 0.6) is 0 Å². The smallest absolute Gasteiger partial charge is 0.261 e. The third-order valence-electron chi connectivity index (χ3n) is 4.68. The number of hydrogen-bond acceptors (Lipinski definition) is 5. The van der Waals surface area contributed by atoms with Gasteiger partial charge in [-0.2, -0.15) is 0 Å². The van der Waals surface area contributed by atoms with Crippen LogP contribution >= 0.6 is 0 Å². The minimum Gasteiger partial charge on any atom is -0.352 e. The van der Waals surface area contributed by atoms with Crippen LogP contribution in [-0.4, -0.2) is 44.1 Å². The van der Waals surface area contributed by atoms with Crippen molar-refractivity contribution in [1.82, 2.24) is 10.2 Å². The van der Waals surface area contributed by atoms with Gasteiger partial charge in [0.2, 0.25) is 11.8 Å². The SMILES string of the molecule is Cc1cccc(NS(=O)(=O)c2cccc(C(=O)NCCCN3C(=O)CCC3=O)c2)c1. The van der Waals surface area contributed by atoms with E-state index in [9.17, 15) is 22.8 Å². The van der Waals surface area contributed by atoms with E-state index in [0.29, 0.717) is 12.1 Å². The van der Waals surface area contributed by atoms with Crippen LogP contribution in [0.25, 0.3) is 0 Å². The Labute approximate surface area is 175 Å². The number of likely N-dealkylation sites (tertiary alicyclic amines) is 1. The summed E-state index contributed by atoms with van der Waals surface area (Å²) >= 11 is 0. The van der Waals surface area contributed by atoms with E-state index in [1.807, 2.05) is 13.0 Å². The average molecular weight is 429 g/mol. The van der Waals surface area contributed by atoms with Gasteiger partial charge in [0.15, 0.2) is 0 Å². The van der Waals surface area contributed by atoms with Crippen LogP contribution in [0.4, 0.5) is 5.69 Å². The summed E-state index contributed by atoms with van der Waals surface area (Å²) in [6, 6.07) is 12.7. The van der Waals surface area contributed by atoms with Gasteiger partial charge in [0, 0.05) is 37.2 Å². The molecule has 0 saturated carbocycles. The molecule has 1 saturated heterocycles. The fourth-order valence-electron chi connectivity index (χ4n) is 3.14. The van der Waals surface area contributed by atoms with Crippen molar-refractivity contribution in [3.8, 4) is 0 Å². The summed E-state index contributed by atoms with van der Waals surface area (Å²) in [6.07, 6.45) is 0.905. The summed E-state index contributed by atoms with van der Waals surface area (Å²) in [6.45, 7) is 2.37. The number of carbonyl (C=O) groups excluding carboxylic acids is 3. The first kappa shape index (κ1) is 21.5. The second kappa shape index (κ2) is 9.08. The third kappa shape index (κ3) is 5.24. The molecule has 0 bridgehead atoms.